The van der Waals surface area contributed by atoms with Gasteiger partial charge in [-0.2, -0.15) is 0 Å². The topological polar surface area (TPSA) is 128 Å². The third kappa shape index (κ3) is 4.93. The standard InChI is InChI=1S/C21H20N2O7/c1-12-5-6-15-14(8-18(25)30-20(15)13(12)2)11-29-19(26)10-22-17(24)9-23-21(27)16-4-3-7-28-16/h3-8H,9-11H2,1-2H3,(H,22,24)(H,23,27). The Hall–Kier alpha value is -3.88. The zero-order chi connectivity index (χ0) is 21.7. The number of rotatable bonds is 7. The number of amides is 2. The molecule has 30 heavy (non-hydrogen) atoms. The number of fused-ring (bicyclic) bond motifs is 1. The number of nitrogens with one attached hydrogen (secondary N) is 2. The Morgan fingerprint density at radius 2 is 1.87 bits per heavy atom. The van der Waals surface area contributed by atoms with E-state index in [-0.39, 0.29) is 25.5 Å². The molecule has 0 fully saturated rings. The smallest absolute Gasteiger partial charge is 0.336 e. The van der Waals surface area contributed by atoms with Crippen LogP contribution in [0.1, 0.15) is 27.2 Å². The third-order valence-corrected chi connectivity index (χ3v) is 4.49. The molecular weight excluding hydrogens is 392 g/mol. The molecular formula is C21H20N2O7. The van der Waals surface area contributed by atoms with Gasteiger partial charge in [0.25, 0.3) is 5.91 Å². The first-order chi connectivity index (χ1) is 14.3. The van der Waals surface area contributed by atoms with E-state index in [1.54, 1.807) is 12.1 Å². The Morgan fingerprint density at radius 1 is 1.07 bits per heavy atom. The van der Waals surface area contributed by atoms with Gasteiger partial charge >= 0.3 is 11.6 Å². The van der Waals surface area contributed by atoms with Gasteiger partial charge in [-0.15, -0.1) is 0 Å². The van der Waals surface area contributed by atoms with Gasteiger partial charge in [0.15, 0.2) is 5.76 Å². The van der Waals surface area contributed by atoms with E-state index in [1.807, 2.05) is 19.9 Å². The van der Waals surface area contributed by atoms with Gasteiger partial charge in [0.2, 0.25) is 5.91 Å². The molecule has 9 nitrogen and oxygen atoms in total. The maximum atomic E-state index is 11.9. The van der Waals surface area contributed by atoms with E-state index in [0.717, 1.165) is 11.1 Å². The van der Waals surface area contributed by atoms with Crippen molar-refractivity contribution in [3.05, 3.63) is 69.5 Å². The number of ether oxygens (including phenoxy) is 1. The summed E-state index contributed by atoms with van der Waals surface area (Å²) in [6, 6.07) is 7.97. The number of aryl methyl sites for hydroxylation is 2. The predicted octanol–water partition coefficient (Wildman–Crippen LogP) is 1.59. The molecule has 9 heteroatoms. The molecule has 0 spiro atoms. The van der Waals surface area contributed by atoms with Crippen LogP contribution in [-0.2, 0) is 20.9 Å². The van der Waals surface area contributed by atoms with Crippen LogP contribution < -0.4 is 16.3 Å². The second-order valence-electron chi connectivity index (χ2n) is 6.57. The van der Waals surface area contributed by atoms with Crippen molar-refractivity contribution in [1.82, 2.24) is 10.6 Å². The zero-order valence-electron chi connectivity index (χ0n) is 16.4. The van der Waals surface area contributed by atoms with Crippen molar-refractivity contribution in [2.24, 2.45) is 0 Å². The van der Waals surface area contributed by atoms with Gasteiger partial charge in [0.05, 0.1) is 12.8 Å². The van der Waals surface area contributed by atoms with Crippen molar-refractivity contribution in [3.63, 3.8) is 0 Å². The Balaban J connectivity index is 1.51. The highest BCUT2D eigenvalue weighted by molar-refractivity contribution is 5.94. The lowest BCUT2D eigenvalue weighted by Gasteiger charge is -2.10. The average Bonchev–Trinajstić information content (AvgIpc) is 3.26. The lowest BCUT2D eigenvalue weighted by atomic mass is 10.0. The van der Waals surface area contributed by atoms with Crippen molar-refractivity contribution in [1.29, 1.82) is 0 Å². The molecule has 156 valence electrons. The molecule has 0 aliphatic heterocycles. The largest absolute Gasteiger partial charge is 0.459 e. The molecule has 2 heterocycles. The van der Waals surface area contributed by atoms with Crippen molar-refractivity contribution >= 4 is 28.8 Å². The van der Waals surface area contributed by atoms with Crippen LogP contribution >= 0.6 is 0 Å². The number of carbonyl (C=O) groups is 3. The molecule has 2 N–H and O–H groups in total. The fourth-order valence-electron chi connectivity index (χ4n) is 2.74. The molecule has 0 atom stereocenters. The number of hydrogen-bond donors (Lipinski definition) is 2. The zero-order valence-corrected chi connectivity index (χ0v) is 16.4. The van der Waals surface area contributed by atoms with Gasteiger partial charge in [-0.25, -0.2) is 4.79 Å². The second kappa shape index (κ2) is 9.08. The van der Waals surface area contributed by atoms with Crippen LogP contribution in [0.2, 0.25) is 0 Å². The molecule has 0 bridgehead atoms. The minimum Gasteiger partial charge on any atom is -0.459 e. The molecule has 0 radical (unpaired) electrons. The second-order valence-corrected chi connectivity index (χ2v) is 6.57. The van der Waals surface area contributed by atoms with Crippen molar-refractivity contribution in [3.8, 4) is 0 Å². The van der Waals surface area contributed by atoms with Gasteiger partial charge in [0, 0.05) is 17.0 Å². The fourth-order valence-corrected chi connectivity index (χ4v) is 2.74. The summed E-state index contributed by atoms with van der Waals surface area (Å²) in [5.74, 6) is -1.72. The quantitative estimate of drug-likeness (QED) is 0.445. The van der Waals surface area contributed by atoms with Crippen LogP contribution in [0.25, 0.3) is 11.0 Å². The summed E-state index contributed by atoms with van der Waals surface area (Å²) in [7, 11) is 0. The van der Waals surface area contributed by atoms with E-state index in [1.165, 1.54) is 18.4 Å². The van der Waals surface area contributed by atoms with E-state index in [0.29, 0.717) is 16.5 Å². The first-order valence-corrected chi connectivity index (χ1v) is 9.12. The van der Waals surface area contributed by atoms with Crippen molar-refractivity contribution < 1.29 is 28.0 Å². The Morgan fingerprint density at radius 3 is 2.60 bits per heavy atom. The van der Waals surface area contributed by atoms with E-state index < -0.39 is 23.4 Å². The van der Waals surface area contributed by atoms with Gasteiger partial charge in [-0.1, -0.05) is 12.1 Å². The summed E-state index contributed by atoms with van der Waals surface area (Å²) in [5, 5.41) is 5.38. The lowest BCUT2D eigenvalue weighted by Crippen LogP contribution is -2.39. The van der Waals surface area contributed by atoms with Crippen LogP contribution in [0.3, 0.4) is 0 Å². The van der Waals surface area contributed by atoms with E-state index in [4.69, 9.17) is 13.6 Å². The molecule has 2 aromatic heterocycles. The molecule has 0 aliphatic rings. The van der Waals surface area contributed by atoms with Gasteiger partial charge < -0.3 is 24.2 Å². The summed E-state index contributed by atoms with van der Waals surface area (Å²) in [6.45, 7) is 2.90. The van der Waals surface area contributed by atoms with Crippen LogP contribution in [0.4, 0.5) is 0 Å². The SMILES string of the molecule is Cc1ccc2c(COC(=O)CNC(=O)CNC(=O)c3ccco3)cc(=O)oc2c1C. The van der Waals surface area contributed by atoms with Gasteiger partial charge in [0.1, 0.15) is 18.7 Å². The van der Waals surface area contributed by atoms with Gasteiger partial charge in [-0.3, -0.25) is 14.4 Å². The lowest BCUT2D eigenvalue weighted by molar-refractivity contribution is -0.145. The summed E-state index contributed by atoms with van der Waals surface area (Å²) >= 11 is 0. The highest BCUT2D eigenvalue weighted by atomic mass is 16.5. The van der Waals surface area contributed by atoms with Crippen molar-refractivity contribution in [2.45, 2.75) is 20.5 Å². The predicted molar refractivity (Wildman–Crippen MR) is 106 cm³/mol. The molecule has 0 saturated carbocycles. The Kier molecular flexibility index (Phi) is 6.31. The van der Waals surface area contributed by atoms with E-state index >= 15 is 0 Å². The maximum absolute atomic E-state index is 11.9. The first kappa shape index (κ1) is 20.8. The van der Waals surface area contributed by atoms with E-state index in [9.17, 15) is 19.2 Å². The molecule has 0 saturated heterocycles. The molecule has 1 aromatic carbocycles. The average molecular weight is 412 g/mol. The highest BCUT2D eigenvalue weighted by Crippen LogP contribution is 2.23. The number of carbonyl (C=O) groups excluding carboxylic acids is 3. The first-order valence-electron chi connectivity index (χ1n) is 9.12. The summed E-state index contributed by atoms with van der Waals surface area (Å²) in [5.41, 5.74) is 2.23. The molecule has 3 aromatic rings. The Labute approximate surface area is 171 Å². The maximum Gasteiger partial charge on any atom is 0.336 e. The highest BCUT2D eigenvalue weighted by Gasteiger charge is 2.13. The van der Waals surface area contributed by atoms with Crippen LogP contribution in [0.15, 0.2) is 50.2 Å². The summed E-state index contributed by atoms with van der Waals surface area (Å²) < 4.78 is 15.3. The number of esters is 1. The Bertz CT molecular complexity index is 1150. The normalized spacial score (nSPS) is 10.6. The summed E-state index contributed by atoms with van der Waals surface area (Å²) in [6.07, 6.45) is 1.34. The fraction of sp³-hybridized carbons (Fsp3) is 0.238. The monoisotopic (exact) mass is 412 g/mol. The molecule has 0 unspecified atom stereocenters. The third-order valence-electron chi connectivity index (χ3n) is 4.49. The van der Waals surface area contributed by atoms with E-state index in [2.05, 4.69) is 10.6 Å². The van der Waals surface area contributed by atoms with Crippen LogP contribution in [0.5, 0.6) is 0 Å². The van der Waals surface area contributed by atoms with Crippen molar-refractivity contribution in [2.75, 3.05) is 13.1 Å². The number of furan rings is 1. The van der Waals surface area contributed by atoms with Crippen LogP contribution in [-0.4, -0.2) is 30.9 Å². The number of hydrogen-bond acceptors (Lipinski definition) is 7. The molecule has 0 aliphatic carbocycles. The minimum absolute atomic E-state index is 0.0761. The molecule has 3 rings (SSSR count). The minimum atomic E-state index is -0.689. The summed E-state index contributed by atoms with van der Waals surface area (Å²) in [4.78, 5) is 47.2. The van der Waals surface area contributed by atoms with Gasteiger partial charge in [-0.05, 0) is 37.1 Å². The number of benzene rings is 1. The van der Waals surface area contributed by atoms with Crippen LogP contribution in [0, 0.1) is 13.8 Å². The molecule has 2 amide bonds.